The summed E-state index contributed by atoms with van der Waals surface area (Å²) >= 11 is 6.01. The van der Waals surface area contributed by atoms with Crippen molar-refractivity contribution in [1.82, 2.24) is 0 Å². The van der Waals surface area contributed by atoms with Gasteiger partial charge in [-0.2, -0.15) is 0 Å². The number of halogens is 1. The molecule has 0 aliphatic carbocycles. The van der Waals surface area contributed by atoms with Gasteiger partial charge in [-0.25, -0.2) is 8.42 Å². The SMILES string of the molecule is COc1ccc(N(C(C)c2ccc(Cl)cc2)S(=O)(=O)c2ccccc2)cc1OC. The highest BCUT2D eigenvalue weighted by Gasteiger charge is 2.31. The molecular weight excluding hydrogens is 410 g/mol. The van der Waals surface area contributed by atoms with Crippen LogP contribution in [0.1, 0.15) is 18.5 Å². The molecule has 0 radical (unpaired) electrons. The van der Waals surface area contributed by atoms with Gasteiger partial charge in [0.05, 0.1) is 30.8 Å². The number of rotatable bonds is 7. The third-order valence-electron chi connectivity index (χ3n) is 4.63. The van der Waals surface area contributed by atoms with Crippen molar-refractivity contribution >= 4 is 27.3 Å². The fraction of sp³-hybridized carbons (Fsp3) is 0.182. The molecule has 29 heavy (non-hydrogen) atoms. The van der Waals surface area contributed by atoms with Crippen molar-refractivity contribution in [2.75, 3.05) is 18.5 Å². The van der Waals surface area contributed by atoms with Crippen LogP contribution in [0.15, 0.2) is 77.7 Å². The molecule has 0 aromatic heterocycles. The summed E-state index contributed by atoms with van der Waals surface area (Å²) in [7, 11) is -0.804. The van der Waals surface area contributed by atoms with Gasteiger partial charge in [0, 0.05) is 11.1 Å². The van der Waals surface area contributed by atoms with Crippen LogP contribution in [-0.4, -0.2) is 22.6 Å². The molecule has 3 rings (SSSR count). The van der Waals surface area contributed by atoms with E-state index < -0.39 is 16.1 Å². The minimum Gasteiger partial charge on any atom is -0.493 e. The molecule has 152 valence electrons. The first kappa shape index (κ1) is 21.0. The lowest BCUT2D eigenvalue weighted by atomic mass is 10.1. The number of hydrogen-bond acceptors (Lipinski definition) is 4. The lowest BCUT2D eigenvalue weighted by Gasteiger charge is -2.31. The van der Waals surface area contributed by atoms with Crippen molar-refractivity contribution in [3.8, 4) is 11.5 Å². The molecule has 0 fully saturated rings. The predicted octanol–water partition coefficient (Wildman–Crippen LogP) is 5.31. The molecule has 0 aliphatic heterocycles. The van der Waals surface area contributed by atoms with Gasteiger partial charge in [0.15, 0.2) is 11.5 Å². The molecule has 0 bridgehead atoms. The minimum atomic E-state index is -3.85. The summed E-state index contributed by atoms with van der Waals surface area (Å²) in [5, 5.41) is 0.588. The fourth-order valence-electron chi connectivity index (χ4n) is 3.12. The van der Waals surface area contributed by atoms with Crippen LogP contribution in [0, 0.1) is 0 Å². The van der Waals surface area contributed by atoms with Gasteiger partial charge in [-0.3, -0.25) is 4.31 Å². The second kappa shape index (κ2) is 8.76. The number of benzene rings is 3. The van der Waals surface area contributed by atoms with E-state index in [1.807, 2.05) is 19.1 Å². The Morgan fingerprint density at radius 1 is 0.862 bits per heavy atom. The van der Waals surface area contributed by atoms with Gasteiger partial charge >= 0.3 is 0 Å². The fourth-order valence-corrected chi connectivity index (χ4v) is 4.90. The molecule has 0 spiro atoms. The largest absolute Gasteiger partial charge is 0.493 e. The van der Waals surface area contributed by atoms with Gasteiger partial charge in [-0.05, 0) is 48.9 Å². The molecule has 1 atom stereocenters. The first-order valence-electron chi connectivity index (χ1n) is 8.95. The maximum absolute atomic E-state index is 13.6. The highest BCUT2D eigenvalue weighted by Crippen LogP contribution is 2.38. The zero-order valence-corrected chi connectivity index (χ0v) is 17.9. The number of nitrogens with zero attached hydrogens (tertiary/aromatic N) is 1. The monoisotopic (exact) mass is 431 g/mol. The summed E-state index contributed by atoms with van der Waals surface area (Å²) in [5.74, 6) is 0.967. The lowest BCUT2D eigenvalue weighted by molar-refractivity contribution is 0.355. The van der Waals surface area contributed by atoms with E-state index in [9.17, 15) is 8.42 Å². The van der Waals surface area contributed by atoms with E-state index in [1.54, 1.807) is 60.7 Å². The van der Waals surface area contributed by atoms with Gasteiger partial charge in [0.25, 0.3) is 10.0 Å². The van der Waals surface area contributed by atoms with Gasteiger partial charge in [-0.15, -0.1) is 0 Å². The zero-order chi connectivity index (χ0) is 21.0. The molecule has 7 heteroatoms. The molecular formula is C22H22ClNO4S. The minimum absolute atomic E-state index is 0.204. The van der Waals surface area contributed by atoms with Gasteiger partial charge in [0.1, 0.15) is 0 Å². The Morgan fingerprint density at radius 2 is 1.48 bits per heavy atom. The molecule has 0 heterocycles. The van der Waals surface area contributed by atoms with E-state index in [0.29, 0.717) is 22.2 Å². The quantitative estimate of drug-likeness (QED) is 0.508. The smallest absolute Gasteiger partial charge is 0.264 e. The third-order valence-corrected chi connectivity index (χ3v) is 6.79. The zero-order valence-electron chi connectivity index (χ0n) is 16.4. The van der Waals surface area contributed by atoms with Crippen molar-refractivity contribution in [2.24, 2.45) is 0 Å². The predicted molar refractivity (Wildman–Crippen MR) is 116 cm³/mol. The molecule has 3 aromatic rings. The van der Waals surface area contributed by atoms with E-state index in [2.05, 4.69) is 0 Å². The molecule has 0 N–H and O–H groups in total. The molecule has 0 amide bonds. The van der Waals surface area contributed by atoms with Crippen molar-refractivity contribution in [1.29, 1.82) is 0 Å². The van der Waals surface area contributed by atoms with Crippen molar-refractivity contribution < 1.29 is 17.9 Å². The maximum atomic E-state index is 13.6. The van der Waals surface area contributed by atoms with Gasteiger partial charge < -0.3 is 9.47 Å². The van der Waals surface area contributed by atoms with Crippen LogP contribution in [0.4, 0.5) is 5.69 Å². The standard InChI is InChI=1S/C22H22ClNO4S/c1-16(17-9-11-18(23)12-10-17)24(29(25,26)20-7-5-4-6-8-20)19-13-14-21(27-2)22(15-19)28-3/h4-16H,1-3H3. The second-order valence-corrected chi connectivity index (χ2v) is 8.63. The third kappa shape index (κ3) is 4.33. The Labute approximate surface area is 176 Å². The van der Waals surface area contributed by atoms with Crippen LogP contribution in [0.5, 0.6) is 11.5 Å². The summed E-state index contributed by atoms with van der Waals surface area (Å²) in [6.45, 7) is 1.83. The van der Waals surface area contributed by atoms with Crippen molar-refractivity contribution in [3.63, 3.8) is 0 Å². The topological polar surface area (TPSA) is 55.8 Å². The summed E-state index contributed by atoms with van der Waals surface area (Å²) in [4.78, 5) is 0.204. The number of ether oxygens (including phenoxy) is 2. The summed E-state index contributed by atoms with van der Waals surface area (Å²) in [5.41, 5.74) is 1.28. The summed E-state index contributed by atoms with van der Waals surface area (Å²) in [6, 6.07) is 20.0. The van der Waals surface area contributed by atoms with Crippen LogP contribution in [0.25, 0.3) is 0 Å². The number of sulfonamides is 1. The first-order valence-corrected chi connectivity index (χ1v) is 10.8. The number of methoxy groups -OCH3 is 2. The van der Waals surface area contributed by atoms with E-state index >= 15 is 0 Å². The van der Waals surface area contributed by atoms with Crippen LogP contribution in [0.2, 0.25) is 5.02 Å². The molecule has 0 saturated heterocycles. The van der Waals surface area contributed by atoms with E-state index in [4.69, 9.17) is 21.1 Å². The van der Waals surface area contributed by atoms with Gasteiger partial charge in [-0.1, -0.05) is 41.9 Å². The second-order valence-electron chi connectivity index (χ2n) is 6.38. The summed E-state index contributed by atoms with van der Waals surface area (Å²) < 4.78 is 39.2. The molecule has 0 saturated carbocycles. The first-order chi connectivity index (χ1) is 13.9. The Hall–Kier alpha value is -2.70. The average molecular weight is 432 g/mol. The highest BCUT2D eigenvalue weighted by atomic mass is 35.5. The Kier molecular flexibility index (Phi) is 6.35. The molecule has 3 aromatic carbocycles. The summed E-state index contributed by atoms with van der Waals surface area (Å²) in [6.07, 6.45) is 0. The van der Waals surface area contributed by atoms with Crippen molar-refractivity contribution in [2.45, 2.75) is 17.9 Å². The highest BCUT2D eigenvalue weighted by molar-refractivity contribution is 7.92. The van der Waals surface area contributed by atoms with Crippen LogP contribution in [0.3, 0.4) is 0 Å². The van der Waals surface area contributed by atoms with Crippen LogP contribution < -0.4 is 13.8 Å². The van der Waals surface area contributed by atoms with Crippen LogP contribution in [-0.2, 0) is 10.0 Å². The number of anilines is 1. The maximum Gasteiger partial charge on any atom is 0.264 e. The molecule has 5 nitrogen and oxygen atoms in total. The lowest BCUT2D eigenvalue weighted by Crippen LogP contribution is -2.33. The van der Waals surface area contributed by atoms with E-state index in [-0.39, 0.29) is 4.90 Å². The Balaban J connectivity index is 2.18. The Morgan fingerprint density at radius 3 is 2.07 bits per heavy atom. The number of hydrogen-bond donors (Lipinski definition) is 0. The normalized spacial score (nSPS) is 12.3. The average Bonchev–Trinajstić information content (AvgIpc) is 2.74. The van der Waals surface area contributed by atoms with Crippen molar-refractivity contribution in [3.05, 3.63) is 83.4 Å². The van der Waals surface area contributed by atoms with E-state index in [0.717, 1.165) is 5.56 Å². The van der Waals surface area contributed by atoms with Crippen LogP contribution >= 0.6 is 11.6 Å². The Bertz CT molecular complexity index is 1070. The molecule has 1 unspecified atom stereocenters. The molecule has 0 aliphatic rings. The van der Waals surface area contributed by atoms with Gasteiger partial charge in [0.2, 0.25) is 0 Å². The van der Waals surface area contributed by atoms with E-state index in [1.165, 1.54) is 18.5 Å².